The molecule has 0 unspecified atom stereocenters. The van der Waals surface area contributed by atoms with Gasteiger partial charge in [0.05, 0.1) is 6.54 Å². The molecule has 0 fully saturated rings. The van der Waals surface area contributed by atoms with Gasteiger partial charge in [-0.05, 0) is 19.8 Å². The van der Waals surface area contributed by atoms with Crippen LogP contribution in [0.5, 0.6) is 0 Å². The number of hydrogen-bond donors (Lipinski definition) is 1. The number of unbranched alkanes of at least 4 members (excludes halogenated alkanes) is 5. The van der Waals surface area contributed by atoms with Crippen molar-refractivity contribution in [1.29, 1.82) is 0 Å². The first-order valence-corrected chi connectivity index (χ1v) is 9.88. The quantitative estimate of drug-likeness (QED) is 0.567. The number of carbonyl (C=O) groups excluding carboxylic acids is 2. The van der Waals surface area contributed by atoms with Crippen LogP contribution in [0.2, 0.25) is 0 Å². The van der Waals surface area contributed by atoms with E-state index in [1.807, 2.05) is 13.8 Å². The third-order valence-corrected chi connectivity index (χ3v) is 4.62. The van der Waals surface area contributed by atoms with Gasteiger partial charge in [-0.25, -0.2) is 4.98 Å². The first kappa shape index (κ1) is 20.6. The third kappa shape index (κ3) is 8.43. The Labute approximate surface area is 149 Å². The molecule has 1 N–H and O–H groups in total. The van der Waals surface area contributed by atoms with Gasteiger partial charge in [-0.3, -0.25) is 9.59 Å². The predicted octanol–water partition coefficient (Wildman–Crippen LogP) is 4.38. The number of aryl methyl sites for hydroxylation is 1. The maximum Gasteiger partial charge on any atom is 0.245 e. The van der Waals surface area contributed by atoms with Crippen LogP contribution in [0, 0.1) is 6.92 Å². The molecule has 5 nitrogen and oxygen atoms in total. The lowest BCUT2D eigenvalue weighted by molar-refractivity contribution is -0.134. The first-order chi connectivity index (χ1) is 11.6. The van der Waals surface area contributed by atoms with E-state index in [9.17, 15) is 9.59 Å². The molecule has 0 radical (unpaired) electrons. The van der Waals surface area contributed by atoms with Gasteiger partial charge in [-0.15, -0.1) is 11.3 Å². The lowest BCUT2D eigenvalue weighted by Gasteiger charge is -2.21. The van der Waals surface area contributed by atoms with Crippen molar-refractivity contribution < 1.29 is 9.59 Å². The average molecular weight is 354 g/mol. The number of anilines is 1. The highest BCUT2D eigenvalue weighted by Crippen LogP contribution is 2.16. The second kappa shape index (κ2) is 12.0. The number of hydrogen-bond acceptors (Lipinski definition) is 4. The molecule has 1 aromatic rings. The summed E-state index contributed by atoms with van der Waals surface area (Å²) in [5.41, 5.74) is 0. The number of nitrogens with zero attached hydrogens (tertiary/aromatic N) is 2. The van der Waals surface area contributed by atoms with Crippen LogP contribution in [0.25, 0.3) is 0 Å². The van der Waals surface area contributed by atoms with Gasteiger partial charge in [0.1, 0.15) is 0 Å². The third-order valence-electron chi connectivity index (χ3n) is 3.79. The smallest absolute Gasteiger partial charge is 0.245 e. The van der Waals surface area contributed by atoms with Crippen LogP contribution in [0.3, 0.4) is 0 Å². The Kier molecular flexibility index (Phi) is 10.3. The Morgan fingerprint density at radius 1 is 1.12 bits per heavy atom. The van der Waals surface area contributed by atoms with E-state index in [2.05, 4.69) is 17.2 Å². The number of thiazole rings is 1. The largest absolute Gasteiger partial charge is 0.333 e. The van der Waals surface area contributed by atoms with Crippen molar-refractivity contribution >= 4 is 28.3 Å². The van der Waals surface area contributed by atoms with Crippen LogP contribution >= 0.6 is 11.3 Å². The van der Waals surface area contributed by atoms with E-state index in [0.717, 1.165) is 24.1 Å². The van der Waals surface area contributed by atoms with Crippen molar-refractivity contribution in [2.45, 2.75) is 72.1 Å². The fourth-order valence-corrected chi connectivity index (χ4v) is 3.20. The molecule has 0 atom stereocenters. The molecule has 0 spiro atoms. The Morgan fingerprint density at radius 3 is 2.46 bits per heavy atom. The van der Waals surface area contributed by atoms with Gasteiger partial charge in [0.25, 0.3) is 0 Å². The van der Waals surface area contributed by atoms with E-state index >= 15 is 0 Å². The van der Waals surface area contributed by atoms with Gasteiger partial charge in [0.2, 0.25) is 11.8 Å². The topological polar surface area (TPSA) is 62.3 Å². The highest BCUT2D eigenvalue weighted by Gasteiger charge is 2.16. The Morgan fingerprint density at radius 2 is 1.83 bits per heavy atom. The molecule has 0 aliphatic rings. The van der Waals surface area contributed by atoms with E-state index in [1.54, 1.807) is 11.1 Å². The summed E-state index contributed by atoms with van der Waals surface area (Å²) in [5.74, 6) is -0.0908. The minimum absolute atomic E-state index is 0.0813. The average Bonchev–Trinajstić information content (AvgIpc) is 2.95. The summed E-state index contributed by atoms with van der Waals surface area (Å²) >= 11 is 1.44. The summed E-state index contributed by atoms with van der Waals surface area (Å²) in [4.78, 5) is 31.3. The van der Waals surface area contributed by atoms with Crippen LogP contribution in [0.15, 0.2) is 6.20 Å². The SMILES string of the molecule is CCCCCCCCC(=O)N(CCC)CC(=O)Nc1ncc(C)s1. The summed E-state index contributed by atoms with van der Waals surface area (Å²) in [7, 11) is 0. The van der Waals surface area contributed by atoms with Crippen molar-refractivity contribution in [2.24, 2.45) is 0 Å². The Bertz CT molecular complexity index is 502. The van der Waals surface area contributed by atoms with Crippen molar-refractivity contribution in [3.8, 4) is 0 Å². The number of carbonyl (C=O) groups is 2. The zero-order valence-corrected chi connectivity index (χ0v) is 16.1. The molecule has 0 aromatic carbocycles. The van der Waals surface area contributed by atoms with Gasteiger partial charge in [-0.2, -0.15) is 0 Å². The molecule has 0 bridgehead atoms. The zero-order valence-electron chi connectivity index (χ0n) is 15.3. The lowest BCUT2D eigenvalue weighted by atomic mass is 10.1. The normalized spacial score (nSPS) is 10.6. The molecule has 1 aromatic heterocycles. The summed E-state index contributed by atoms with van der Waals surface area (Å²) in [6.07, 6.45) is 10.1. The molecule has 0 aliphatic carbocycles. The predicted molar refractivity (Wildman–Crippen MR) is 100 cm³/mol. The maximum absolute atomic E-state index is 12.3. The molecule has 2 amide bonds. The molecule has 1 rings (SSSR count). The van der Waals surface area contributed by atoms with Crippen molar-refractivity contribution in [1.82, 2.24) is 9.88 Å². The second-order valence-corrected chi connectivity index (χ2v) is 7.39. The fourth-order valence-electron chi connectivity index (χ4n) is 2.52. The van der Waals surface area contributed by atoms with Gasteiger partial charge >= 0.3 is 0 Å². The highest BCUT2D eigenvalue weighted by molar-refractivity contribution is 7.15. The van der Waals surface area contributed by atoms with Gasteiger partial charge < -0.3 is 10.2 Å². The zero-order chi connectivity index (χ0) is 17.8. The minimum Gasteiger partial charge on any atom is -0.333 e. The van der Waals surface area contributed by atoms with E-state index < -0.39 is 0 Å². The monoisotopic (exact) mass is 353 g/mol. The van der Waals surface area contributed by atoms with Crippen LogP contribution < -0.4 is 5.32 Å². The summed E-state index contributed by atoms with van der Waals surface area (Å²) in [6, 6.07) is 0. The Balaban J connectivity index is 2.35. The van der Waals surface area contributed by atoms with Crippen molar-refractivity contribution in [3.63, 3.8) is 0 Å². The first-order valence-electron chi connectivity index (χ1n) is 9.06. The highest BCUT2D eigenvalue weighted by atomic mass is 32.1. The van der Waals surface area contributed by atoms with Crippen molar-refractivity contribution in [3.05, 3.63) is 11.1 Å². The fraction of sp³-hybridized carbons (Fsp3) is 0.722. The number of rotatable bonds is 12. The van der Waals surface area contributed by atoms with Crippen LogP contribution in [0.1, 0.15) is 70.1 Å². The molecule has 0 saturated heterocycles. The summed E-state index contributed by atoms with van der Waals surface area (Å²) in [5, 5.41) is 3.37. The number of aromatic nitrogens is 1. The van der Waals surface area contributed by atoms with Gasteiger partial charge in [-0.1, -0.05) is 46.0 Å². The van der Waals surface area contributed by atoms with E-state index in [1.165, 1.54) is 37.0 Å². The molecule has 0 saturated carbocycles. The van der Waals surface area contributed by atoms with E-state index in [0.29, 0.717) is 18.1 Å². The van der Waals surface area contributed by atoms with Crippen LogP contribution in [-0.4, -0.2) is 34.8 Å². The van der Waals surface area contributed by atoms with Crippen LogP contribution in [-0.2, 0) is 9.59 Å². The van der Waals surface area contributed by atoms with E-state index in [-0.39, 0.29) is 18.4 Å². The molecule has 0 aliphatic heterocycles. The molecular weight excluding hydrogens is 322 g/mol. The molecule has 1 heterocycles. The van der Waals surface area contributed by atoms with E-state index in [4.69, 9.17) is 0 Å². The molecular formula is C18H31N3O2S. The Hall–Kier alpha value is -1.43. The maximum atomic E-state index is 12.3. The number of amides is 2. The van der Waals surface area contributed by atoms with Crippen molar-refractivity contribution in [2.75, 3.05) is 18.4 Å². The lowest BCUT2D eigenvalue weighted by Crippen LogP contribution is -2.38. The standard InChI is InChI=1S/C18H31N3O2S/c1-4-6-7-8-9-10-11-17(23)21(12-5-2)14-16(22)20-18-19-13-15(3)24-18/h13H,4-12,14H2,1-3H3,(H,19,20,22). The minimum atomic E-state index is -0.172. The summed E-state index contributed by atoms with van der Waals surface area (Å²) < 4.78 is 0. The summed E-state index contributed by atoms with van der Waals surface area (Å²) in [6.45, 7) is 6.90. The molecule has 6 heteroatoms. The number of nitrogens with one attached hydrogen (secondary N) is 1. The van der Waals surface area contributed by atoms with Gasteiger partial charge in [0.15, 0.2) is 5.13 Å². The second-order valence-electron chi connectivity index (χ2n) is 6.16. The molecule has 24 heavy (non-hydrogen) atoms. The van der Waals surface area contributed by atoms with Crippen LogP contribution in [0.4, 0.5) is 5.13 Å². The van der Waals surface area contributed by atoms with Gasteiger partial charge in [0, 0.05) is 24.0 Å². The molecule has 136 valence electrons.